The van der Waals surface area contributed by atoms with Crippen LogP contribution >= 0.6 is 0 Å². The molecule has 0 radical (unpaired) electrons. The first-order valence-electron chi connectivity index (χ1n) is 8.48. The Morgan fingerprint density at radius 3 is 2.96 bits per heavy atom. The van der Waals surface area contributed by atoms with E-state index in [9.17, 15) is 10.1 Å². The molecule has 1 aromatic carbocycles. The summed E-state index contributed by atoms with van der Waals surface area (Å²) in [6.07, 6.45) is 3.82. The largest absolute Gasteiger partial charge is 0.490 e. The number of fused-ring (bicyclic) bond motifs is 1. The Bertz CT molecular complexity index is 827. The first kappa shape index (κ1) is 17.0. The molecule has 2 heterocycles. The number of aromatic nitrogens is 1. The van der Waals surface area contributed by atoms with Crippen molar-refractivity contribution >= 4 is 16.7 Å². The van der Waals surface area contributed by atoms with Gasteiger partial charge in [0.1, 0.15) is 11.8 Å². The summed E-state index contributed by atoms with van der Waals surface area (Å²) in [6, 6.07) is 7.79. The highest BCUT2D eigenvalue weighted by Gasteiger charge is 2.20. The molecule has 1 atom stereocenters. The molecule has 0 saturated carbocycles. The summed E-state index contributed by atoms with van der Waals surface area (Å²) in [6.45, 7) is 4.31. The van der Waals surface area contributed by atoms with Gasteiger partial charge in [0.2, 0.25) is 11.8 Å². The molecule has 6 heteroatoms. The number of ether oxygens (including phenoxy) is 2. The SMILES string of the molecule is CC(C)Oc1cc2c(OCC[C@@H]3CCC(=O)N3)nccc2cc1C#N. The third-order valence-electron chi connectivity index (χ3n) is 4.10. The van der Waals surface area contributed by atoms with Crippen LogP contribution in [0.3, 0.4) is 0 Å². The van der Waals surface area contributed by atoms with Gasteiger partial charge in [0, 0.05) is 30.5 Å². The summed E-state index contributed by atoms with van der Waals surface area (Å²) < 4.78 is 11.6. The number of carbonyl (C=O) groups is 1. The van der Waals surface area contributed by atoms with Gasteiger partial charge in [0.05, 0.1) is 18.3 Å². The fraction of sp³-hybridized carbons (Fsp3) is 0.421. The number of rotatable bonds is 6. The standard InChI is InChI=1S/C19H21N3O3/c1-12(2)25-17-10-16-13(9-14(17)11-20)5-7-21-19(16)24-8-6-15-3-4-18(23)22-15/h5,7,9-10,12,15H,3-4,6,8H2,1-2H3,(H,22,23)/t15-/m0/s1. The first-order valence-corrected chi connectivity index (χ1v) is 8.48. The molecule has 1 aliphatic heterocycles. The van der Waals surface area contributed by atoms with Gasteiger partial charge in [-0.15, -0.1) is 0 Å². The second-order valence-corrected chi connectivity index (χ2v) is 6.40. The summed E-state index contributed by atoms with van der Waals surface area (Å²) in [5.74, 6) is 1.15. The molecule has 1 aliphatic rings. The summed E-state index contributed by atoms with van der Waals surface area (Å²) in [5.41, 5.74) is 0.493. The van der Waals surface area contributed by atoms with Crippen LogP contribution in [0.2, 0.25) is 0 Å². The van der Waals surface area contributed by atoms with Gasteiger partial charge in [-0.3, -0.25) is 4.79 Å². The van der Waals surface area contributed by atoms with Crippen molar-refractivity contribution < 1.29 is 14.3 Å². The van der Waals surface area contributed by atoms with Gasteiger partial charge in [-0.2, -0.15) is 5.26 Å². The van der Waals surface area contributed by atoms with Crippen LogP contribution in [0.25, 0.3) is 10.8 Å². The van der Waals surface area contributed by atoms with Gasteiger partial charge in [0.25, 0.3) is 0 Å². The van der Waals surface area contributed by atoms with Gasteiger partial charge in [-0.1, -0.05) is 0 Å². The fourth-order valence-electron chi connectivity index (χ4n) is 2.92. The maximum atomic E-state index is 11.2. The summed E-state index contributed by atoms with van der Waals surface area (Å²) in [7, 11) is 0. The smallest absolute Gasteiger partial charge is 0.221 e. The maximum absolute atomic E-state index is 11.2. The average molecular weight is 339 g/mol. The zero-order valence-electron chi connectivity index (χ0n) is 14.4. The molecular weight excluding hydrogens is 318 g/mol. The molecular formula is C19H21N3O3. The number of pyridine rings is 1. The number of hydrogen-bond donors (Lipinski definition) is 1. The molecule has 1 amide bonds. The van der Waals surface area contributed by atoms with Crippen LogP contribution in [0.15, 0.2) is 24.4 Å². The Labute approximate surface area is 146 Å². The molecule has 1 aromatic heterocycles. The maximum Gasteiger partial charge on any atom is 0.221 e. The lowest BCUT2D eigenvalue weighted by Crippen LogP contribution is -2.26. The van der Waals surface area contributed by atoms with E-state index in [1.165, 1.54) is 0 Å². The van der Waals surface area contributed by atoms with E-state index in [4.69, 9.17) is 9.47 Å². The van der Waals surface area contributed by atoms with Gasteiger partial charge in [0.15, 0.2) is 0 Å². The molecule has 2 aromatic rings. The normalized spacial score (nSPS) is 16.7. The number of amides is 1. The van der Waals surface area contributed by atoms with Crippen molar-refractivity contribution in [2.45, 2.75) is 45.3 Å². The molecule has 1 N–H and O–H groups in total. The molecule has 0 spiro atoms. The van der Waals surface area contributed by atoms with Crippen molar-refractivity contribution in [3.63, 3.8) is 0 Å². The predicted molar refractivity (Wildman–Crippen MR) is 93.5 cm³/mol. The Kier molecular flexibility index (Phi) is 5.03. The van der Waals surface area contributed by atoms with Crippen LogP contribution in [0.1, 0.15) is 38.7 Å². The van der Waals surface area contributed by atoms with E-state index < -0.39 is 0 Å². The molecule has 1 fully saturated rings. The predicted octanol–water partition coefficient (Wildman–Crippen LogP) is 2.94. The van der Waals surface area contributed by atoms with E-state index in [1.807, 2.05) is 26.0 Å². The van der Waals surface area contributed by atoms with Crippen molar-refractivity contribution in [3.8, 4) is 17.7 Å². The van der Waals surface area contributed by atoms with Crippen molar-refractivity contribution in [2.75, 3.05) is 6.61 Å². The second kappa shape index (κ2) is 7.39. The monoisotopic (exact) mass is 339 g/mol. The zero-order chi connectivity index (χ0) is 17.8. The minimum atomic E-state index is -0.0310. The summed E-state index contributed by atoms with van der Waals surface area (Å²) in [4.78, 5) is 15.6. The molecule has 25 heavy (non-hydrogen) atoms. The number of hydrogen-bond acceptors (Lipinski definition) is 5. The van der Waals surface area contributed by atoms with E-state index in [1.54, 1.807) is 12.3 Å². The summed E-state index contributed by atoms with van der Waals surface area (Å²) in [5, 5.41) is 14.0. The molecule has 130 valence electrons. The highest BCUT2D eigenvalue weighted by Crippen LogP contribution is 2.31. The topological polar surface area (TPSA) is 84.2 Å². The van der Waals surface area contributed by atoms with E-state index >= 15 is 0 Å². The Balaban J connectivity index is 1.80. The Hall–Kier alpha value is -2.81. The Morgan fingerprint density at radius 2 is 2.28 bits per heavy atom. The molecule has 0 bridgehead atoms. The average Bonchev–Trinajstić information content (AvgIpc) is 2.99. The number of nitrogens with zero attached hydrogens (tertiary/aromatic N) is 2. The fourth-order valence-corrected chi connectivity index (χ4v) is 2.92. The zero-order valence-corrected chi connectivity index (χ0v) is 14.4. The van der Waals surface area contributed by atoms with Crippen LogP contribution in [-0.4, -0.2) is 29.6 Å². The van der Waals surface area contributed by atoms with Crippen LogP contribution in [-0.2, 0) is 4.79 Å². The third-order valence-corrected chi connectivity index (χ3v) is 4.10. The second-order valence-electron chi connectivity index (χ2n) is 6.40. The lowest BCUT2D eigenvalue weighted by atomic mass is 10.1. The number of benzene rings is 1. The molecule has 0 unspecified atom stereocenters. The number of nitriles is 1. The first-order chi connectivity index (χ1) is 12.1. The lowest BCUT2D eigenvalue weighted by molar-refractivity contribution is -0.119. The quantitative estimate of drug-likeness (QED) is 0.875. The Morgan fingerprint density at radius 1 is 1.44 bits per heavy atom. The van der Waals surface area contributed by atoms with Crippen LogP contribution in [0.5, 0.6) is 11.6 Å². The number of carbonyl (C=O) groups excluding carboxylic acids is 1. The highest BCUT2D eigenvalue weighted by molar-refractivity contribution is 5.89. The van der Waals surface area contributed by atoms with E-state index in [2.05, 4.69) is 16.4 Å². The van der Waals surface area contributed by atoms with Gasteiger partial charge >= 0.3 is 0 Å². The molecule has 6 nitrogen and oxygen atoms in total. The summed E-state index contributed by atoms with van der Waals surface area (Å²) >= 11 is 0. The van der Waals surface area contributed by atoms with Crippen molar-refractivity contribution in [2.24, 2.45) is 0 Å². The molecule has 1 saturated heterocycles. The van der Waals surface area contributed by atoms with Crippen molar-refractivity contribution in [1.82, 2.24) is 10.3 Å². The van der Waals surface area contributed by atoms with Gasteiger partial charge in [-0.25, -0.2) is 4.98 Å². The van der Waals surface area contributed by atoms with E-state index in [0.717, 1.165) is 23.6 Å². The van der Waals surface area contributed by atoms with E-state index in [-0.39, 0.29) is 18.1 Å². The minimum Gasteiger partial charge on any atom is -0.490 e. The van der Waals surface area contributed by atoms with Crippen LogP contribution in [0.4, 0.5) is 0 Å². The van der Waals surface area contributed by atoms with Gasteiger partial charge in [-0.05, 0) is 43.9 Å². The van der Waals surface area contributed by atoms with Crippen molar-refractivity contribution in [1.29, 1.82) is 5.26 Å². The van der Waals surface area contributed by atoms with E-state index in [0.29, 0.717) is 30.2 Å². The van der Waals surface area contributed by atoms with Gasteiger partial charge < -0.3 is 14.8 Å². The van der Waals surface area contributed by atoms with Crippen LogP contribution < -0.4 is 14.8 Å². The molecule has 0 aliphatic carbocycles. The van der Waals surface area contributed by atoms with Crippen LogP contribution in [0, 0.1) is 11.3 Å². The molecule has 3 rings (SSSR count). The minimum absolute atomic E-state index is 0.0310. The highest BCUT2D eigenvalue weighted by atomic mass is 16.5. The van der Waals surface area contributed by atoms with Crippen molar-refractivity contribution in [3.05, 3.63) is 30.0 Å². The third kappa shape index (κ3) is 4.00. The lowest BCUT2D eigenvalue weighted by Gasteiger charge is -2.14. The number of nitrogens with one attached hydrogen (secondary N) is 1.